The molecule has 1 aliphatic rings. The van der Waals surface area contributed by atoms with Gasteiger partial charge in [0.05, 0.1) is 18.5 Å². The molecule has 0 radical (unpaired) electrons. The van der Waals surface area contributed by atoms with Gasteiger partial charge in [-0.15, -0.1) is 0 Å². The van der Waals surface area contributed by atoms with Gasteiger partial charge in [-0.25, -0.2) is 8.42 Å². The van der Waals surface area contributed by atoms with Crippen LogP contribution < -0.4 is 9.21 Å². The number of hydrogen-bond acceptors (Lipinski definition) is 3. The van der Waals surface area contributed by atoms with E-state index in [-0.39, 0.29) is 18.5 Å². The first-order chi connectivity index (χ1) is 14.7. The van der Waals surface area contributed by atoms with Crippen LogP contribution >= 0.6 is 11.6 Å². The van der Waals surface area contributed by atoms with E-state index in [1.54, 1.807) is 48.5 Å². The Morgan fingerprint density at radius 1 is 1.06 bits per heavy atom. The molecule has 0 bridgehead atoms. The molecule has 5 nitrogen and oxygen atoms in total. The van der Waals surface area contributed by atoms with Gasteiger partial charge in [0.2, 0.25) is 10.0 Å². The first kappa shape index (κ1) is 21.4. The lowest BCUT2D eigenvalue weighted by Crippen LogP contribution is -2.35. The average Bonchev–Trinajstić information content (AvgIpc) is 3.06. The van der Waals surface area contributed by atoms with Crippen LogP contribution in [0.4, 0.5) is 11.4 Å². The fourth-order valence-corrected chi connectivity index (χ4v) is 5.03. The van der Waals surface area contributed by atoms with Gasteiger partial charge < -0.3 is 4.90 Å². The van der Waals surface area contributed by atoms with Gasteiger partial charge in [-0.3, -0.25) is 9.10 Å². The number of para-hydroxylation sites is 1. The predicted octanol–water partition coefficient (Wildman–Crippen LogP) is 4.90. The summed E-state index contributed by atoms with van der Waals surface area (Å²) in [5, 5.41) is 0.465. The third-order valence-electron chi connectivity index (χ3n) is 5.45. The van der Waals surface area contributed by atoms with Gasteiger partial charge >= 0.3 is 0 Å². The van der Waals surface area contributed by atoms with Crippen LogP contribution in [-0.2, 0) is 23.0 Å². The number of rotatable bonds is 5. The molecule has 0 fully saturated rings. The SMILES string of the molecule is C[C@@H]1Cc2ccccc2N1C(=O)c1ccc(CN(c2cccc(Cl)c2)S(C)(=O)=O)cc1. The molecule has 0 saturated heterocycles. The van der Waals surface area contributed by atoms with Gasteiger partial charge in [0.25, 0.3) is 5.91 Å². The van der Waals surface area contributed by atoms with E-state index in [0.717, 1.165) is 23.9 Å². The standard InChI is InChI=1S/C24H23ClN2O3S/c1-17-14-20-6-3-4-9-23(20)27(17)24(28)19-12-10-18(11-13-19)16-26(31(2,29)30)22-8-5-7-21(25)15-22/h3-13,15,17H,14,16H2,1-2H3/t17-/m1/s1. The Morgan fingerprint density at radius 3 is 2.45 bits per heavy atom. The van der Waals surface area contributed by atoms with Crippen LogP contribution in [0.5, 0.6) is 0 Å². The quantitative estimate of drug-likeness (QED) is 0.551. The van der Waals surface area contributed by atoms with Crippen molar-refractivity contribution in [2.45, 2.75) is 25.9 Å². The summed E-state index contributed by atoms with van der Waals surface area (Å²) >= 11 is 6.04. The van der Waals surface area contributed by atoms with Crippen molar-refractivity contribution in [1.29, 1.82) is 0 Å². The predicted molar refractivity (Wildman–Crippen MR) is 125 cm³/mol. The average molecular weight is 455 g/mol. The molecular weight excluding hydrogens is 432 g/mol. The summed E-state index contributed by atoms with van der Waals surface area (Å²) in [6.45, 7) is 2.19. The molecule has 0 saturated carbocycles. The number of benzene rings is 3. The summed E-state index contributed by atoms with van der Waals surface area (Å²) < 4.78 is 26.0. The lowest BCUT2D eigenvalue weighted by molar-refractivity contribution is 0.0981. The second kappa shape index (κ2) is 8.36. The fraction of sp³-hybridized carbons (Fsp3) is 0.208. The molecule has 160 valence electrons. The van der Waals surface area contributed by atoms with E-state index in [1.165, 1.54) is 9.87 Å². The van der Waals surface area contributed by atoms with Crippen LogP contribution in [0.2, 0.25) is 5.02 Å². The second-order valence-corrected chi connectivity index (χ2v) is 10.1. The highest BCUT2D eigenvalue weighted by Gasteiger charge is 2.31. The van der Waals surface area contributed by atoms with E-state index >= 15 is 0 Å². The number of hydrogen-bond donors (Lipinski definition) is 0. The molecule has 31 heavy (non-hydrogen) atoms. The van der Waals surface area contributed by atoms with Gasteiger partial charge in [0, 0.05) is 22.3 Å². The third kappa shape index (κ3) is 4.45. The minimum atomic E-state index is -3.51. The van der Waals surface area contributed by atoms with Crippen LogP contribution in [-0.4, -0.2) is 26.6 Å². The maximum absolute atomic E-state index is 13.2. The lowest BCUT2D eigenvalue weighted by Gasteiger charge is -2.24. The summed E-state index contributed by atoms with van der Waals surface area (Å²) in [6, 6.07) is 21.9. The molecule has 0 aliphatic carbocycles. The van der Waals surface area contributed by atoms with Gasteiger partial charge in [-0.05, 0) is 60.9 Å². The fourth-order valence-electron chi connectivity index (χ4n) is 3.96. The maximum Gasteiger partial charge on any atom is 0.258 e. The minimum Gasteiger partial charge on any atom is -0.305 e. The van der Waals surface area contributed by atoms with Gasteiger partial charge in [-0.2, -0.15) is 0 Å². The summed E-state index contributed by atoms with van der Waals surface area (Å²) in [6.07, 6.45) is 2.00. The zero-order valence-electron chi connectivity index (χ0n) is 17.3. The monoisotopic (exact) mass is 454 g/mol. The van der Waals surface area contributed by atoms with Crippen LogP contribution in [0.15, 0.2) is 72.8 Å². The van der Waals surface area contributed by atoms with Crippen LogP contribution in [0.1, 0.15) is 28.4 Å². The highest BCUT2D eigenvalue weighted by Crippen LogP contribution is 2.33. The highest BCUT2D eigenvalue weighted by molar-refractivity contribution is 7.92. The maximum atomic E-state index is 13.2. The topological polar surface area (TPSA) is 57.7 Å². The Labute approximate surface area is 187 Å². The van der Waals surface area contributed by atoms with Gasteiger partial charge in [0.1, 0.15) is 0 Å². The number of anilines is 2. The molecule has 7 heteroatoms. The number of fused-ring (bicyclic) bond motifs is 1. The van der Waals surface area contributed by atoms with E-state index in [4.69, 9.17) is 11.6 Å². The summed E-state index contributed by atoms with van der Waals surface area (Å²) in [7, 11) is -3.51. The van der Waals surface area contributed by atoms with Crippen LogP contribution in [0.25, 0.3) is 0 Å². The van der Waals surface area contributed by atoms with E-state index in [2.05, 4.69) is 6.07 Å². The number of sulfonamides is 1. The summed E-state index contributed by atoms with van der Waals surface area (Å²) in [4.78, 5) is 15.0. The molecular formula is C24H23ClN2O3S. The number of nitrogens with zero attached hydrogens (tertiary/aromatic N) is 2. The lowest BCUT2D eigenvalue weighted by atomic mass is 10.1. The molecule has 1 aliphatic heterocycles. The molecule has 0 N–H and O–H groups in total. The molecule has 4 rings (SSSR count). The summed E-state index contributed by atoms with van der Waals surface area (Å²) in [5.74, 6) is -0.0567. The molecule has 3 aromatic carbocycles. The Balaban J connectivity index is 1.57. The molecule has 0 aromatic heterocycles. The first-order valence-electron chi connectivity index (χ1n) is 9.98. The molecule has 1 atom stereocenters. The van der Waals surface area contributed by atoms with Crippen LogP contribution in [0.3, 0.4) is 0 Å². The van der Waals surface area contributed by atoms with E-state index < -0.39 is 10.0 Å². The Hall–Kier alpha value is -2.83. The van der Waals surface area contributed by atoms with Crippen molar-refractivity contribution >= 4 is 38.9 Å². The van der Waals surface area contributed by atoms with Crippen molar-refractivity contribution < 1.29 is 13.2 Å². The molecule has 1 heterocycles. The number of carbonyl (C=O) groups is 1. The van der Waals surface area contributed by atoms with E-state index in [0.29, 0.717) is 16.3 Å². The second-order valence-electron chi connectivity index (χ2n) is 7.80. The summed E-state index contributed by atoms with van der Waals surface area (Å²) in [5.41, 5.74) is 3.97. The van der Waals surface area contributed by atoms with E-state index in [1.807, 2.05) is 30.0 Å². The van der Waals surface area contributed by atoms with Crippen molar-refractivity contribution in [3.63, 3.8) is 0 Å². The molecule has 3 aromatic rings. The van der Waals surface area contributed by atoms with Gasteiger partial charge in [-0.1, -0.05) is 48.0 Å². The molecule has 1 amide bonds. The zero-order chi connectivity index (χ0) is 22.2. The van der Waals surface area contributed by atoms with Gasteiger partial charge in [0.15, 0.2) is 0 Å². The Kier molecular flexibility index (Phi) is 5.77. The minimum absolute atomic E-state index is 0.0567. The normalized spacial score (nSPS) is 15.6. The first-order valence-corrected chi connectivity index (χ1v) is 12.2. The van der Waals surface area contributed by atoms with Crippen molar-refractivity contribution in [3.05, 3.63) is 94.5 Å². The number of carbonyl (C=O) groups excluding carboxylic acids is 1. The zero-order valence-corrected chi connectivity index (χ0v) is 18.9. The van der Waals surface area contributed by atoms with Crippen molar-refractivity contribution in [2.75, 3.05) is 15.5 Å². The van der Waals surface area contributed by atoms with Crippen molar-refractivity contribution in [2.24, 2.45) is 0 Å². The van der Waals surface area contributed by atoms with Crippen molar-refractivity contribution in [1.82, 2.24) is 0 Å². The smallest absolute Gasteiger partial charge is 0.258 e. The third-order valence-corrected chi connectivity index (χ3v) is 6.83. The highest BCUT2D eigenvalue weighted by atomic mass is 35.5. The van der Waals surface area contributed by atoms with Crippen molar-refractivity contribution in [3.8, 4) is 0 Å². The molecule has 0 spiro atoms. The Bertz CT molecular complexity index is 1230. The Morgan fingerprint density at radius 2 is 1.77 bits per heavy atom. The molecule has 0 unspecified atom stereocenters. The largest absolute Gasteiger partial charge is 0.305 e. The number of amides is 1. The van der Waals surface area contributed by atoms with E-state index in [9.17, 15) is 13.2 Å². The van der Waals surface area contributed by atoms with Crippen LogP contribution in [0, 0.1) is 0 Å². The number of halogens is 1.